The highest BCUT2D eigenvalue weighted by molar-refractivity contribution is 9.10. The summed E-state index contributed by atoms with van der Waals surface area (Å²) in [4.78, 5) is 5.10. The molecule has 1 aromatic carbocycles. The summed E-state index contributed by atoms with van der Waals surface area (Å²) in [7, 11) is 2.24. The van der Waals surface area contributed by atoms with E-state index in [0.29, 0.717) is 6.04 Å². The summed E-state index contributed by atoms with van der Waals surface area (Å²) in [5, 5.41) is 3.47. The molecule has 1 unspecified atom stereocenters. The van der Waals surface area contributed by atoms with Gasteiger partial charge in [0.2, 0.25) is 0 Å². The quantitative estimate of drug-likeness (QED) is 0.873. The van der Waals surface area contributed by atoms with E-state index in [9.17, 15) is 0 Å². The molecule has 0 saturated carbocycles. The second-order valence-electron chi connectivity index (χ2n) is 5.92. The zero-order valence-electron chi connectivity index (χ0n) is 13.5. The van der Waals surface area contributed by atoms with Gasteiger partial charge in [0.15, 0.2) is 0 Å². The first kappa shape index (κ1) is 16.8. The number of anilines is 1. The van der Waals surface area contributed by atoms with Crippen LogP contribution in [0, 0.1) is 0 Å². The maximum absolute atomic E-state index is 3.61. The van der Waals surface area contributed by atoms with Crippen LogP contribution in [0.5, 0.6) is 0 Å². The van der Waals surface area contributed by atoms with Gasteiger partial charge in [0.25, 0.3) is 0 Å². The normalized spacial score (nSPS) is 20.6. The van der Waals surface area contributed by atoms with Crippen LogP contribution in [0.3, 0.4) is 0 Å². The fourth-order valence-electron chi connectivity index (χ4n) is 3.15. The standard InChI is InChI=1S/C17H28BrN3/c1-4-16-13-20(3)9-6-10-21(16)17-8-7-15(18)11-14(17)12-19-5-2/h7-8,11,16,19H,4-6,9-10,12-13H2,1-3H3. The molecule has 0 spiro atoms. The number of hydrogen-bond donors (Lipinski definition) is 1. The van der Waals surface area contributed by atoms with Crippen LogP contribution < -0.4 is 10.2 Å². The van der Waals surface area contributed by atoms with Crippen LogP contribution in [0.4, 0.5) is 5.69 Å². The zero-order chi connectivity index (χ0) is 15.2. The Bertz CT molecular complexity index is 450. The summed E-state index contributed by atoms with van der Waals surface area (Å²) in [6.45, 7) is 9.93. The molecular formula is C17H28BrN3. The van der Waals surface area contributed by atoms with Crippen molar-refractivity contribution in [2.75, 3.05) is 38.1 Å². The summed E-state index contributed by atoms with van der Waals surface area (Å²) in [5.74, 6) is 0. The van der Waals surface area contributed by atoms with Crippen LogP contribution in [0.15, 0.2) is 22.7 Å². The topological polar surface area (TPSA) is 18.5 Å². The van der Waals surface area contributed by atoms with Gasteiger partial charge in [-0.05, 0) is 56.7 Å². The third-order valence-corrected chi connectivity index (χ3v) is 4.78. The lowest BCUT2D eigenvalue weighted by atomic mass is 10.1. The van der Waals surface area contributed by atoms with Gasteiger partial charge >= 0.3 is 0 Å². The molecule has 1 fully saturated rings. The van der Waals surface area contributed by atoms with Gasteiger partial charge in [-0.3, -0.25) is 0 Å². The van der Waals surface area contributed by atoms with Gasteiger partial charge in [-0.2, -0.15) is 0 Å². The molecule has 4 heteroatoms. The summed E-state index contributed by atoms with van der Waals surface area (Å²) in [6, 6.07) is 7.33. The van der Waals surface area contributed by atoms with E-state index in [1.807, 2.05) is 0 Å². The number of nitrogens with zero attached hydrogens (tertiary/aromatic N) is 2. The minimum absolute atomic E-state index is 0.610. The van der Waals surface area contributed by atoms with Crippen molar-refractivity contribution in [3.63, 3.8) is 0 Å². The number of halogens is 1. The molecule has 0 amide bonds. The third kappa shape index (κ3) is 4.44. The smallest absolute Gasteiger partial charge is 0.0415 e. The van der Waals surface area contributed by atoms with Crippen molar-refractivity contribution in [2.45, 2.75) is 39.3 Å². The first-order chi connectivity index (χ1) is 10.2. The highest BCUT2D eigenvalue weighted by atomic mass is 79.9. The van der Waals surface area contributed by atoms with E-state index in [-0.39, 0.29) is 0 Å². The highest BCUT2D eigenvalue weighted by Crippen LogP contribution is 2.28. The lowest BCUT2D eigenvalue weighted by molar-refractivity contribution is 0.328. The van der Waals surface area contributed by atoms with Crippen LogP contribution in [0.2, 0.25) is 0 Å². The SMILES string of the molecule is CCNCc1cc(Br)ccc1N1CCCN(C)CC1CC. The molecule has 1 saturated heterocycles. The Hall–Kier alpha value is -0.580. The lowest BCUT2D eigenvalue weighted by Gasteiger charge is -2.34. The molecule has 118 valence electrons. The van der Waals surface area contributed by atoms with Crippen molar-refractivity contribution in [2.24, 2.45) is 0 Å². The molecule has 0 bridgehead atoms. The van der Waals surface area contributed by atoms with E-state index in [2.05, 4.69) is 70.1 Å². The minimum atomic E-state index is 0.610. The van der Waals surface area contributed by atoms with E-state index < -0.39 is 0 Å². The van der Waals surface area contributed by atoms with Crippen LogP contribution >= 0.6 is 15.9 Å². The summed E-state index contributed by atoms with van der Waals surface area (Å²) >= 11 is 3.61. The second-order valence-corrected chi connectivity index (χ2v) is 6.84. The molecule has 0 radical (unpaired) electrons. The first-order valence-electron chi connectivity index (χ1n) is 8.10. The number of hydrogen-bond acceptors (Lipinski definition) is 3. The molecule has 0 aliphatic carbocycles. The maximum atomic E-state index is 3.61. The highest BCUT2D eigenvalue weighted by Gasteiger charge is 2.23. The average molecular weight is 354 g/mol. The molecule has 2 rings (SSSR count). The third-order valence-electron chi connectivity index (χ3n) is 4.29. The van der Waals surface area contributed by atoms with Gasteiger partial charge in [0, 0.05) is 35.8 Å². The van der Waals surface area contributed by atoms with Crippen LogP contribution in [-0.4, -0.2) is 44.2 Å². The molecule has 1 aliphatic heterocycles. The van der Waals surface area contributed by atoms with Crippen LogP contribution in [0.25, 0.3) is 0 Å². The second kappa shape index (κ2) is 8.16. The van der Waals surface area contributed by atoms with Gasteiger partial charge in [-0.1, -0.05) is 29.8 Å². The predicted molar refractivity (Wildman–Crippen MR) is 95.1 cm³/mol. The molecule has 1 heterocycles. The van der Waals surface area contributed by atoms with Crippen molar-refractivity contribution in [3.8, 4) is 0 Å². The molecule has 1 N–H and O–H groups in total. The summed E-state index contributed by atoms with van der Waals surface area (Å²) < 4.78 is 1.17. The van der Waals surface area contributed by atoms with Crippen molar-refractivity contribution in [1.82, 2.24) is 10.2 Å². The molecule has 0 aromatic heterocycles. The summed E-state index contributed by atoms with van der Waals surface area (Å²) in [6.07, 6.45) is 2.44. The number of rotatable bonds is 5. The molecule has 21 heavy (non-hydrogen) atoms. The van der Waals surface area contributed by atoms with E-state index in [1.165, 1.54) is 35.1 Å². The fourth-order valence-corrected chi connectivity index (χ4v) is 3.55. The number of nitrogens with one attached hydrogen (secondary N) is 1. The Kier molecular flexibility index (Phi) is 6.52. The Morgan fingerprint density at radius 3 is 2.81 bits per heavy atom. The van der Waals surface area contributed by atoms with Crippen molar-refractivity contribution < 1.29 is 0 Å². The number of benzene rings is 1. The van der Waals surface area contributed by atoms with E-state index in [0.717, 1.165) is 26.2 Å². The minimum Gasteiger partial charge on any atom is -0.367 e. The summed E-state index contributed by atoms with van der Waals surface area (Å²) in [5.41, 5.74) is 2.80. The van der Waals surface area contributed by atoms with Gasteiger partial charge in [0.1, 0.15) is 0 Å². The molecular weight excluding hydrogens is 326 g/mol. The molecule has 1 atom stereocenters. The van der Waals surface area contributed by atoms with Crippen molar-refractivity contribution in [3.05, 3.63) is 28.2 Å². The lowest BCUT2D eigenvalue weighted by Crippen LogP contribution is -2.40. The van der Waals surface area contributed by atoms with Crippen LogP contribution in [-0.2, 0) is 6.54 Å². The van der Waals surface area contributed by atoms with E-state index in [1.54, 1.807) is 0 Å². The van der Waals surface area contributed by atoms with Crippen molar-refractivity contribution >= 4 is 21.6 Å². The maximum Gasteiger partial charge on any atom is 0.0415 e. The fraction of sp³-hybridized carbons (Fsp3) is 0.647. The van der Waals surface area contributed by atoms with Gasteiger partial charge in [-0.25, -0.2) is 0 Å². The Balaban J connectivity index is 2.29. The largest absolute Gasteiger partial charge is 0.367 e. The number of likely N-dealkylation sites (N-methyl/N-ethyl adjacent to an activating group) is 1. The zero-order valence-corrected chi connectivity index (χ0v) is 15.1. The van der Waals surface area contributed by atoms with Gasteiger partial charge in [0.05, 0.1) is 0 Å². The van der Waals surface area contributed by atoms with E-state index >= 15 is 0 Å². The first-order valence-corrected chi connectivity index (χ1v) is 8.89. The molecule has 3 nitrogen and oxygen atoms in total. The van der Waals surface area contributed by atoms with Gasteiger partial charge in [-0.15, -0.1) is 0 Å². The van der Waals surface area contributed by atoms with E-state index in [4.69, 9.17) is 0 Å². The molecule has 1 aliphatic rings. The van der Waals surface area contributed by atoms with Crippen molar-refractivity contribution in [1.29, 1.82) is 0 Å². The van der Waals surface area contributed by atoms with Crippen LogP contribution in [0.1, 0.15) is 32.3 Å². The Labute approximate surface area is 137 Å². The predicted octanol–water partition coefficient (Wildman–Crippen LogP) is 3.48. The van der Waals surface area contributed by atoms with Gasteiger partial charge < -0.3 is 15.1 Å². The average Bonchev–Trinajstić information content (AvgIpc) is 2.66. The Morgan fingerprint density at radius 2 is 2.10 bits per heavy atom. The molecule has 1 aromatic rings. The monoisotopic (exact) mass is 353 g/mol. The Morgan fingerprint density at radius 1 is 1.29 bits per heavy atom.